The molecular formula is C23H28N4O. The summed E-state index contributed by atoms with van der Waals surface area (Å²) in [6.45, 7) is 4.98. The van der Waals surface area contributed by atoms with Crippen molar-refractivity contribution in [3.63, 3.8) is 0 Å². The van der Waals surface area contributed by atoms with Crippen molar-refractivity contribution >= 4 is 0 Å². The largest absolute Gasteiger partial charge is 0.494 e. The van der Waals surface area contributed by atoms with Crippen LogP contribution in [0.2, 0.25) is 0 Å². The minimum Gasteiger partial charge on any atom is -0.494 e. The Morgan fingerprint density at radius 1 is 0.929 bits per heavy atom. The normalized spacial score (nSPS) is 15.6. The molecule has 1 fully saturated rings. The smallest absolute Gasteiger partial charge is 0.119 e. The van der Waals surface area contributed by atoms with Gasteiger partial charge in [-0.2, -0.15) is 0 Å². The number of hydrogen-bond donors (Lipinski definition) is 0. The number of hydrogen-bond acceptors (Lipinski definition) is 4. The fourth-order valence-electron chi connectivity index (χ4n) is 3.87. The van der Waals surface area contributed by atoms with Crippen LogP contribution in [-0.4, -0.2) is 39.1 Å². The first-order valence-electron chi connectivity index (χ1n) is 10.2. The maximum Gasteiger partial charge on any atom is 0.119 e. The Labute approximate surface area is 167 Å². The van der Waals surface area contributed by atoms with Crippen LogP contribution < -0.4 is 4.74 Å². The summed E-state index contributed by atoms with van der Waals surface area (Å²) < 4.78 is 7.93. The molecule has 3 aromatic rings. The minimum atomic E-state index is 0.678. The van der Waals surface area contributed by atoms with Crippen LogP contribution in [0.5, 0.6) is 5.75 Å². The molecule has 5 heteroatoms. The number of aromatic nitrogens is 3. The highest BCUT2D eigenvalue weighted by molar-refractivity contribution is 5.27. The predicted octanol–water partition coefficient (Wildman–Crippen LogP) is 4.13. The van der Waals surface area contributed by atoms with Crippen LogP contribution in [0.15, 0.2) is 67.5 Å². The van der Waals surface area contributed by atoms with Crippen LogP contribution in [-0.2, 0) is 13.1 Å². The quantitative estimate of drug-likeness (QED) is 0.555. The molecule has 0 radical (unpaired) electrons. The van der Waals surface area contributed by atoms with E-state index in [2.05, 4.69) is 55.8 Å². The highest BCUT2D eigenvalue weighted by Gasteiger charge is 2.20. The van der Waals surface area contributed by atoms with E-state index < -0.39 is 0 Å². The fraction of sp³-hybridized carbons (Fsp3) is 0.391. The van der Waals surface area contributed by atoms with Gasteiger partial charge in [-0.1, -0.05) is 12.1 Å². The Morgan fingerprint density at radius 3 is 2.43 bits per heavy atom. The summed E-state index contributed by atoms with van der Waals surface area (Å²) in [5, 5.41) is 0. The summed E-state index contributed by atoms with van der Waals surface area (Å²) >= 11 is 0. The third kappa shape index (κ3) is 5.20. The van der Waals surface area contributed by atoms with E-state index in [4.69, 9.17) is 4.74 Å². The first kappa shape index (κ1) is 18.7. The summed E-state index contributed by atoms with van der Waals surface area (Å²) in [6.07, 6.45) is 12.9. The second-order valence-electron chi connectivity index (χ2n) is 7.48. The highest BCUT2D eigenvalue weighted by atomic mass is 16.5. The second-order valence-corrected chi connectivity index (χ2v) is 7.48. The zero-order valence-electron chi connectivity index (χ0n) is 16.3. The zero-order valence-corrected chi connectivity index (χ0v) is 16.3. The number of aryl methyl sites for hydroxylation is 1. The Hall–Kier alpha value is -2.66. The van der Waals surface area contributed by atoms with Gasteiger partial charge in [0.2, 0.25) is 0 Å². The fourth-order valence-corrected chi connectivity index (χ4v) is 3.87. The van der Waals surface area contributed by atoms with E-state index in [1.807, 2.05) is 24.9 Å². The maximum absolute atomic E-state index is 5.86. The molecular weight excluding hydrogens is 348 g/mol. The lowest BCUT2D eigenvalue weighted by molar-refractivity contribution is 0.204. The molecule has 0 spiro atoms. The number of imidazole rings is 1. The molecule has 1 saturated heterocycles. The summed E-state index contributed by atoms with van der Waals surface area (Å²) in [4.78, 5) is 10.7. The summed E-state index contributed by atoms with van der Waals surface area (Å²) in [6, 6.07) is 12.9. The standard InChI is InChI=1S/C23H28N4O/c1(13-27-16-12-25-19-27)17-28-23-4-2-20(3-5-23)18-26-14-8-22(9-15-26)21-6-10-24-11-7-21/h2-7,10-12,16,19,22H,1,8-9,13-15,17-18H2. The molecule has 0 atom stereocenters. The van der Waals surface area contributed by atoms with Gasteiger partial charge in [0.15, 0.2) is 0 Å². The molecule has 146 valence electrons. The van der Waals surface area contributed by atoms with Crippen molar-refractivity contribution in [2.45, 2.75) is 38.3 Å². The number of ether oxygens (including phenoxy) is 1. The van der Waals surface area contributed by atoms with Crippen molar-refractivity contribution in [3.8, 4) is 5.75 Å². The van der Waals surface area contributed by atoms with E-state index in [-0.39, 0.29) is 0 Å². The average molecular weight is 377 g/mol. The minimum absolute atomic E-state index is 0.678. The van der Waals surface area contributed by atoms with Crippen molar-refractivity contribution < 1.29 is 4.74 Å². The average Bonchev–Trinajstić information content (AvgIpc) is 3.27. The first-order chi connectivity index (χ1) is 13.9. The third-order valence-electron chi connectivity index (χ3n) is 5.48. The van der Waals surface area contributed by atoms with Crippen LogP contribution >= 0.6 is 0 Å². The molecule has 0 saturated carbocycles. The lowest BCUT2D eigenvalue weighted by Gasteiger charge is -2.32. The van der Waals surface area contributed by atoms with Crippen molar-refractivity contribution in [1.29, 1.82) is 0 Å². The van der Waals surface area contributed by atoms with Crippen molar-refractivity contribution in [1.82, 2.24) is 19.4 Å². The number of piperidine rings is 1. The van der Waals surface area contributed by atoms with Gasteiger partial charge in [0.05, 0.1) is 12.9 Å². The molecule has 2 aromatic heterocycles. The van der Waals surface area contributed by atoms with Gasteiger partial charge in [-0.05, 0) is 73.7 Å². The van der Waals surface area contributed by atoms with E-state index in [0.717, 1.165) is 45.0 Å². The Morgan fingerprint density at radius 2 is 1.71 bits per heavy atom. The van der Waals surface area contributed by atoms with Crippen LogP contribution in [0.1, 0.15) is 36.3 Å². The predicted molar refractivity (Wildman–Crippen MR) is 110 cm³/mol. The van der Waals surface area contributed by atoms with Gasteiger partial charge in [-0.25, -0.2) is 4.98 Å². The lowest BCUT2D eigenvalue weighted by Crippen LogP contribution is -2.32. The summed E-state index contributed by atoms with van der Waals surface area (Å²) in [5.74, 6) is 1.63. The van der Waals surface area contributed by atoms with Gasteiger partial charge >= 0.3 is 0 Å². The zero-order chi connectivity index (χ0) is 19.0. The Kier molecular flexibility index (Phi) is 6.35. The molecule has 0 bridgehead atoms. The molecule has 0 unspecified atom stereocenters. The molecule has 1 aliphatic rings. The monoisotopic (exact) mass is 376 g/mol. The van der Waals surface area contributed by atoms with E-state index in [0.29, 0.717) is 5.92 Å². The van der Waals surface area contributed by atoms with E-state index >= 15 is 0 Å². The molecule has 1 aromatic carbocycles. The number of rotatable bonds is 8. The van der Waals surface area contributed by atoms with Crippen LogP contribution in [0, 0.1) is 0 Å². The van der Waals surface area contributed by atoms with Crippen molar-refractivity contribution in [2.75, 3.05) is 19.7 Å². The number of nitrogens with zero attached hydrogens (tertiary/aromatic N) is 4. The van der Waals surface area contributed by atoms with E-state index in [1.54, 1.807) is 6.20 Å². The van der Waals surface area contributed by atoms with Gasteiger partial charge in [0.1, 0.15) is 5.75 Å². The van der Waals surface area contributed by atoms with E-state index in [9.17, 15) is 0 Å². The molecule has 28 heavy (non-hydrogen) atoms. The summed E-state index contributed by atoms with van der Waals surface area (Å²) in [7, 11) is 0. The number of likely N-dealkylation sites (tertiary alicyclic amines) is 1. The number of pyridine rings is 1. The van der Waals surface area contributed by atoms with Gasteiger partial charge < -0.3 is 9.30 Å². The van der Waals surface area contributed by atoms with Crippen molar-refractivity contribution in [2.24, 2.45) is 0 Å². The van der Waals surface area contributed by atoms with Gasteiger partial charge in [0, 0.05) is 37.9 Å². The van der Waals surface area contributed by atoms with Crippen LogP contribution in [0.4, 0.5) is 0 Å². The molecule has 0 aliphatic carbocycles. The SMILES string of the molecule is c1cc(C2CCN(Cc3ccc(OCCCn4ccnc4)cc3)CC2)ccn1. The first-order valence-corrected chi connectivity index (χ1v) is 10.2. The third-order valence-corrected chi connectivity index (χ3v) is 5.48. The molecule has 1 aliphatic heterocycles. The van der Waals surface area contributed by atoms with Gasteiger partial charge in [-0.3, -0.25) is 9.88 Å². The van der Waals surface area contributed by atoms with Gasteiger partial charge in [-0.15, -0.1) is 0 Å². The Bertz CT molecular complexity index is 810. The molecule has 0 amide bonds. The highest BCUT2D eigenvalue weighted by Crippen LogP contribution is 2.28. The maximum atomic E-state index is 5.86. The molecule has 5 nitrogen and oxygen atoms in total. The second kappa shape index (κ2) is 9.51. The molecule has 3 heterocycles. The van der Waals surface area contributed by atoms with Crippen molar-refractivity contribution in [3.05, 3.63) is 78.6 Å². The summed E-state index contributed by atoms with van der Waals surface area (Å²) in [5.41, 5.74) is 2.79. The lowest BCUT2D eigenvalue weighted by atomic mass is 9.90. The van der Waals surface area contributed by atoms with Crippen LogP contribution in [0.25, 0.3) is 0 Å². The number of benzene rings is 1. The topological polar surface area (TPSA) is 43.2 Å². The van der Waals surface area contributed by atoms with Crippen LogP contribution in [0.3, 0.4) is 0 Å². The Balaban J connectivity index is 1.18. The van der Waals surface area contributed by atoms with E-state index in [1.165, 1.54) is 24.0 Å². The van der Waals surface area contributed by atoms with Gasteiger partial charge in [0.25, 0.3) is 0 Å². The molecule has 4 rings (SSSR count). The molecule has 0 N–H and O–H groups in total.